The van der Waals surface area contributed by atoms with Gasteiger partial charge in [0.15, 0.2) is 5.88 Å². The third-order valence-electron chi connectivity index (χ3n) is 2.19. The lowest BCUT2D eigenvalue weighted by molar-refractivity contribution is 0.0340. The second-order valence-corrected chi connectivity index (χ2v) is 3.15. The van der Waals surface area contributed by atoms with Gasteiger partial charge in [-0.15, -0.1) is 0 Å². The van der Waals surface area contributed by atoms with Crippen molar-refractivity contribution in [3.63, 3.8) is 0 Å². The number of hydrogen-bond donors (Lipinski definition) is 1. The zero-order chi connectivity index (χ0) is 7.68. The Hall–Kier alpha value is -0.700. The first kappa shape index (κ1) is 6.98. The molecule has 0 atom stereocenters. The van der Waals surface area contributed by atoms with E-state index in [2.05, 4.69) is 23.3 Å². The average molecular weight is 154 g/mol. The van der Waals surface area contributed by atoms with E-state index >= 15 is 0 Å². The molecule has 0 aromatic rings. The van der Waals surface area contributed by atoms with Crippen molar-refractivity contribution in [3.05, 3.63) is 12.0 Å². The third-order valence-corrected chi connectivity index (χ3v) is 2.19. The summed E-state index contributed by atoms with van der Waals surface area (Å²) in [7, 11) is 2.07. The first-order chi connectivity index (χ1) is 5.36. The standard InChI is InChI=1S/C8H14N2O/c1-10-4-2-3-8(10)11-7-5-9-6-7/h3,7,9H,2,4-6H2,1H3. The van der Waals surface area contributed by atoms with Crippen LogP contribution in [0.15, 0.2) is 12.0 Å². The Morgan fingerprint density at radius 3 is 2.91 bits per heavy atom. The summed E-state index contributed by atoms with van der Waals surface area (Å²) in [5.41, 5.74) is 0. The fraction of sp³-hybridized carbons (Fsp3) is 0.750. The Bertz CT molecular complexity index is 175. The Morgan fingerprint density at radius 2 is 2.45 bits per heavy atom. The van der Waals surface area contributed by atoms with Gasteiger partial charge >= 0.3 is 0 Å². The normalized spacial score (nSPS) is 24.8. The molecule has 62 valence electrons. The molecule has 0 aromatic carbocycles. The lowest BCUT2D eigenvalue weighted by Crippen LogP contribution is -2.48. The summed E-state index contributed by atoms with van der Waals surface area (Å²) in [6, 6.07) is 0. The van der Waals surface area contributed by atoms with Gasteiger partial charge in [0.05, 0.1) is 0 Å². The van der Waals surface area contributed by atoms with E-state index in [9.17, 15) is 0 Å². The molecule has 3 nitrogen and oxygen atoms in total. The topological polar surface area (TPSA) is 24.5 Å². The number of nitrogens with zero attached hydrogens (tertiary/aromatic N) is 1. The first-order valence-corrected chi connectivity index (χ1v) is 4.15. The van der Waals surface area contributed by atoms with Gasteiger partial charge < -0.3 is 15.0 Å². The van der Waals surface area contributed by atoms with Crippen LogP contribution in [0.4, 0.5) is 0 Å². The molecular weight excluding hydrogens is 140 g/mol. The molecule has 0 saturated carbocycles. The van der Waals surface area contributed by atoms with Gasteiger partial charge in [0.25, 0.3) is 0 Å². The molecule has 2 aliphatic heterocycles. The van der Waals surface area contributed by atoms with Gasteiger partial charge in [-0.05, 0) is 12.5 Å². The van der Waals surface area contributed by atoms with Crippen molar-refractivity contribution in [1.29, 1.82) is 0 Å². The second-order valence-electron chi connectivity index (χ2n) is 3.15. The van der Waals surface area contributed by atoms with Crippen molar-refractivity contribution in [1.82, 2.24) is 10.2 Å². The van der Waals surface area contributed by atoms with Crippen molar-refractivity contribution in [2.45, 2.75) is 12.5 Å². The molecule has 0 aromatic heterocycles. The summed E-state index contributed by atoms with van der Waals surface area (Å²) >= 11 is 0. The molecule has 11 heavy (non-hydrogen) atoms. The zero-order valence-corrected chi connectivity index (χ0v) is 6.84. The van der Waals surface area contributed by atoms with Crippen LogP contribution in [0.1, 0.15) is 6.42 Å². The highest BCUT2D eigenvalue weighted by molar-refractivity contribution is 5.00. The fourth-order valence-electron chi connectivity index (χ4n) is 1.30. The molecular formula is C8H14N2O. The van der Waals surface area contributed by atoms with Gasteiger partial charge in [-0.2, -0.15) is 0 Å². The summed E-state index contributed by atoms with van der Waals surface area (Å²) in [6.07, 6.45) is 3.71. The van der Waals surface area contributed by atoms with Crippen LogP contribution >= 0.6 is 0 Å². The second kappa shape index (κ2) is 2.74. The maximum Gasteiger partial charge on any atom is 0.185 e. The lowest BCUT2D eigenvalue weighted by atomic mass is 10.2. The van der Waals surface area contributed by atoms with Crippen LogP contribution in [0, 0.1) is 0 Å². The SMILES string of the molecule is CN1CCC=C1OC1CNC1. The average Bonchev–Trinajstić information content (AvgIpc) is 2.27. The first-order valence-electron chi connectivity index (χ1n) is 4.15. The van der Waals surface area contributed by atoms with Crippen LogP contribution < -0.4 is 5.32 Å². The van der Waals surface area contributed by atoms with Gasteiger partial charge in [0, 0.05) is 26.7 Å². The molecule has 1 N–H and O–H groups in total. The number of ether oxygens (including phenoxy) is 1. The summed E-state index contributed by atoms with van der Waals surface area (Å²) in [6.45, 7) is 3.12. The Balaban J connectivity index is 1.84. The van der Waals surface area contributed by atoms with Crippen LogP contribution in [0.5, 0.6) is 0 Å². The van der Waals surface area contributed by atoms with Gasteiger partial charge in [0.1, 0.15) is 6.10 Å². The minimum Gasteiger partial charge on any atom is -0.473 e. The molecule has 1 fully saturated rings. The minimum absolute atomic E-state index is 0.418. The Morgan fingerprint density at radius 1 is 1.64 bits per heavy atom. The predicted molar refractivity (Wildman–Crippen MR) is 43.1 cm³/mol. The molecule has 0 bridgehead atoms. The van der Waals surface area contributed by atoms with Crippen molar-refractivity contribution < 1.29 is 4.74 Å². The van der Waals surface area contributed by atoms with Crippen molar-refractivity contribution in [3.8, 4) is 0 Å². The highest BCUT2D eigenvalue weighted by Gasteiger charge is 2.22. The molecule has 0 radical (unpaired) electrons. The lowest BCUT2D eigenvalue weighted by Gasteiger charge is -2.30. The molecule has 1 saturated heterocycles. The Kier molecular flexibility index (Phi) is 1.74. The van der Waals surface area contributed by atoms with E-state index in [1.54, 1.807) is 0 Å². The van der Waals surface area contributed by atoms with Crippen molar-refractivity contribution in [2.75, 3.05) is 26.7 Å². The van der Waals surface area contributed by atoms with Gasteiger partial charge in [-0.3, -0.25) is 0 Å². The number of hydrogen-bond acceptors (Lipinski definition) is 3. The minimum atomic E-state index is 0.418. The van der Waals surface area contributed by atoms with E-state index in [0.717, 1.165) is 31.9 Å². The van der Waals surface area contributed by atoms with Gasteiger partial charge in [-0.1, -0.05) is 0 Å². The Labute approximate surface area is 67.0 Å². The van der Waals surface area contributed by atoms with E-state index in [0.29, 0.717) is 6.10 Å². The molecule has 3 heteroatoms. The molecule has 0 amide bonds. The van der Waals surface area contributed by atoms with Crippen LogP contribution in [0.25, 0.3) is 0 Å². The maximum absolute atomic E-state index is 5.68. The summed E-state index contributed by atoms with van der Waals surface area (Å²) in [4.78, 5) is 2.16. The molecule has 2 aliphatic rings. The van der Waals surface area contributed by atoms with Gasteiger partial charge in [0.2, 0.25) is 0 Å². The quantitative estimate of drug-likeness (QED) is 0.613. The third kappa shape index (κ3) is 1.33. The van der Waals surface area contributed by atoms with Crippen LogP contribution in [0.2, 0.25) is 0 Å². The maximum atomic E-state index is 5.68. The van der Waals surface area contributed by atoms with E-state index in [4.69, 9.17) is 4.74 Å². The molecule has 0 unspecified atom stereocenters. The van der Waals surface area contributed by atoms with Crippen LogP contribution in [-0.4, -0.2) is 37.7 Å². The van der Waals surface area contributed by atoms with Crippen molar-refractivity contribution >= 4 is 0 Å². The highest BCUT2D eigenvalue weighted by Crippen LogP contribution is 2.16. The van der Waals surface area contributed by atoms with Crippen LogP contribution in [0.3, 0.4) is 0 Å². The smallest absolute Gasteiger partial charge is 0.185 e. The summed E-state index contributed by atoms with van der Waals surface area (Å²) < 4.78 is 5.68. The van der Waals surface area contributed by atoms with Crippen LogP contribution in [-0.2, 0) is 4.74 Å². The summed E-state index contributed by atoms with van der Waals surface area (Å²) in [5, 5.41) is 3.18. The predicted octanol–water partition coefficient (Wildman–Crippen LogP) is 0.152. The van der Waals surface area contributed by atoms with E-state index in [1.807, 2.05) is 0 Å². The number of rotatable bonds is 2. The van der Waals surface area contributed by atoms with E-state index in [-0.39, 0.29) is 0 Å². The van der Waals surface area contributed by atoms with Crippen molar-refractivity contribution in [2.24, 2.45) is 0 Å². The zero-order valence-electron chi connectivity index (χ0n) is 6.84. The number of nitrogens with one attached hydrogen (secondary N) is 1. The molecule has 2 heterocycles. The van der Waals surface area contributed by atoms with E-state index in [1.165, 1.54) is 0 Å². The fourth-order valence-corrected chi connectivity index (χ4v) is 1.30. The molecule has 0 aliphatic carbocycles. The molecule has 0 spiro atoms. The van der Waals surface area contributed by atoms with Gasteiger partial charge in [-0.25, -0.2) is 0 Å². The largest absolute Gasteiger partial charge is 0.473 e. The summed E-state index contributed by atoms with van der Waals surface area (Å²) in [5.74, 6) is 1.07. The highest BCUT2D eigenvalue weighted by atomic mass is 16.5. The van der Waals surface area contributed by atoms with E-state index < -0.39 is 0 Å². The molecule has 2 rings (SSSR count). The monoisotopic (exact) mass is 154 g/mol.